The monoisotopic (exact) mass is 491 g/mol. The summed E-state index contributed by atoms with van der Waals surface area (Å²) in [6, 6.07) is 6.59. The van der Waals surface area contributed by atoms with E-state index in [0.29, 0.717) is 19.8 Å². The van der Waals surface area contributed by atoms with E-state index in [0.717, 1.165) is 11.1 Å². The molecule has 0 aliphatic heterocycles. The highest BCUT2D eigenvalue weighted by Gasteiger charge is 2.27. The molecule has 1 aromatic carbocycles. The Morgan fingerprint density at radius 3 is 2.09 bits per heavy atom. The molecule has 0 fully saturated rings. The molecule has 0 saturated heterocycles. The van der Waals surface area contributed by atoms with Crippen molar-refractivity contribution in [1.29, 1.82) is 0 Å². The summed E-state index contributed by atoms with van der Waals surface area (Å²) in [4.78, 5) is 49.4. The number of carbonyl (C=O) groups is 4. The molecule has 0 heterocycles. The molecule has 1 amide bonds. The molecule has 0 aromatic heterocycles. The van der Waals surface area contributed by atoms with Gasteiger partial charge in [0.25, 0.3) is 0 Å². The van der Waals surface area contributed by atoms with E-state index in [4.69, 9.17) is 14.2 Å². The minimum atomic E-state index is -0.678. The fraction of sp³-hybridized carbons (Fsp3) is 0.630. The first-order chi connectivity index (χ1) is 16.5. The summed E-state index contributed by atoms with van der Waals surface area (Å²) in [7, 11) is 1.58. The predicted molar refractivity (Wildman–Crippen MR) is 133 cm³/mol. The largest absolute Gasteiger partial charge is 0.461 e. The minimum Gasteiger partial charge on any atom is -0.461 e. The lowest BCUT2D eigenvalue weighted by molar-refractivity contribution is -0.148. The number of hydrogen-bond donors (Lipinski definition) is 1. The maximum atomic E-state index is 12.8. The van der Waals surface area contributed by atoms with Gasteiger partial charge in [-0.15, -0.1) is 0 Å². The van der Waals surface area contributed by atoms with Crippen molar-refractivity contribution in [3.05, 3.63) is 35.4 Å². The van der Waals surface area contributed by atoms with Gasteiger partial charge in [0, 0.05) is 32.3 Å². The second-order valence-corrected chi connectivity index (χ2v) is 9.40. The van der Waals surface area contributed by atoms with Gasteiger partial charge in [0.05, 0.1) is 31.8 Å². The van der Waals surface area contributed by atoms with Crippen molar-refractivity contribution < 1.29 is 33.4 Å². The van der Waals surface area contributed by atoms with Gasteiger partial charge in [-0.25, -0.2) is 0 Å². The van der Waals surface area contributed by atoms with Gasteiger partial charge >= 0.3 is 5.97 Å². The molecule has 8 heteroatoms. The van der Waals surface area contributed by atoms with Crippen LogP contribution in [-0.4, -0.2) is 56.4 Å². The molecule has 1 N–H and O–H groups in total. The molecular weight excluding hydrogens is 450 g/mol. The first-order valence-corrected chi connectivity index (χ1v) is 12.2. The van der Waals surface area contributed by atoms with E-state index in [-0.39, 0.29) is 61.1 Å². The third kappa shape index (κ3) is 12.1. The molecule has 0 aliphatic carbocycles. The highest BCUT2D eigenvalue weighted by Crippen LogP contribution is 2.18. The molecule has 8 nitrogen and oxygen atoms in total. The summed E-state index contributed by atoms with van der Waals surface area (Å²) in [6.45, 7) is 10.4. The van der Waals surface area contributed by atoms with E-state index in [1.54, 1.807) is 27.9 Å². The zero-order valence-electron chi connectivity index (χ0n) is 21.9. The Morgan fingerprint density at radius 1 is 0.886 bits per heavy atom. The van der Waals surface area contributed by atoms with Gasteiger partial charge in [-0.05, 0) is 24.0 Å². The first-order valence-electron chi connectivity index (χ1n) is 12.2. The van der Waals surface area contributed by atoms with Crippen LogP contribution in [-0.2, 0) is 46.4 Å². The highest BCUT2D eigenvalue weighted by atomic mass is 16.5. The van der Waals surface area contributed by atoms with E-state index in [1.165, 1.54) is 0 Å². The second kappa shape index (κ2) is 16.2. The molecule has 1 rings (SSSR count). The number of rotatable bonds is 17. The zero-order valence-corrected chi connectivity index (χ0v) is 21.9. The summed E-state index contributed by atoms with van der Waals surface area (Å²) in [6.07, 6.45) is 0.514. The Hall–Kier alpha value is -2.58. The highest BCUT2D eigenvalue weighted by molar-refractivity contribution is 5.92. The van der Waals surface area contributed by atoms with Crippen molar-refractivity contribution in [3.8, 4) is 0 Å². The number of amides is 1. The smallest absolute Gasteiger partial charge is 0.308 e. The van der Waals surface area contributed by atoms with Crippen LogP contribution in [0.3, 0.4) is 0 Å². The topological polar surface area (TPSA) is 108 Å². The Morgan fingerprint density at radius 2 is 1.51 bits per heavy atom. The third-order valence-corrected chi connectivity index (χ3v) is 5.64. The zero-order chi connectivity index (χ0) is 26.4. The SMILES string of the molecule is COCCOCCC(=O)C[C@@H](C(=O)N[C@H](C)C(=O)Cc1ccc(COC(=O)C(C)C)cc1)C(C)C. The maximum absolute atomic E-state index is 12.8. The van der Waals surface area contributed by atoms with Crippen LogP contribution in [0.4, 0.5) is 0 Å². The fourth-order valence-electron chi connectivity index (χ4n) is 3.24. The van der Waals surface area contributed by atoms with E-state index in [2.05, 4.69) is 5.32 Å². The molecule has 35 heavy (non-hydrogen) atoms. The van der Waals surface area contributed by atoms with Crippen LogP contribution in [0.1, 0.15) is 58.6 Å². The Kier molecular flexibility index (Phi) is 14.1. The van der Waals surface area contributed by atoms with Gasteiger partial charge in [-0.2, -0.15) is 0 Å². The van der Waals surface area contributed by atoms with Crippen LogP contribution < -0.4 is 5.32 Å². The first kappa shape index (κ1) is 30.5. The van der Waals surface area contributed by atoms with Crippen LogP contribution in [0.5, 0.6) is 0 Å². The average molecular weight is 492 g/mol. The van der Waals surface area contributed by atoms with Gasteiger partial charge in [0.15, 0.2) is 5.78 Å². The fourth-order valence-corrected chi connectivity index (χ4v) is 3.24. The molecule has 196 valence electrons. The summed E-state index contributed by atoms with van der Waals surface area (Å²) in [5, 5.41) is 2.78. The number of nitrogens with one attached hydrogen (secondary N) is 1. The molecular formula is C27H41NO7. The molecule has 0 aliphatic rings. The number of carbonyl (C=O) groups excluding carboxylic acids is 4. The lowest BCUT2D eigenvalue weighted by atomic mass is 9.88. The van der Waals surface area contributed by atoms with Crippen molar-refractivity contribution in [2.75, 3.05) is 26.9 Å². The predicted octanol–water partition coefficient (Wildman–Crippen LogP) is 3.29. The summed E-state index contributed by atoms with van der Waals surface area (Å²) >= 11 is 0. The maximum Gasteiger partial charge on any atom is 0.308 e. The van der Waals surface area contributed by atoms with Crippen LogP contribution in [0.25, 0.3) is 0 Å². The van der Waals surface area contributed by atoms with Crippen molar-refractivity contribution >= 4 is 23.4 Å². The van der Waals surface area contributed by atoms with Crippen LogP contribution in [0, 0.1) is 17.8 Å². The normalized spacial score (nSPS) is 12.9. The number of ether oxygens (including phenoxy) is 3. The van der Waals surface area contributed by atoms with Gasteiger partial charge in [-0.1, -0.05) is 52.0 Å². The van der Waals surface area contributed by atoms with E-state index >= 15 is 0 Å². The lowest BCUT2D eigenvalue weighted by Gasteiger charge is -2.22. The molecule has 2 atom stereocenters. The van der Waals surface area contributed by atoms with Gasteiger partial charge in [-0.3, -0.25) is 19.2 Å². The Labute approximate surface area is 209 Å². The summed E-state index contributed by atoms with van der Waals surface area (Å²) in [5.74, 6) is -1.47. The number of Topliss-reactive ketones (excluding diaryl/α,β-unsaturated/α-hetero) is 2. The van der Waals surface area contributed by atoms with Crippen LogP contribution in [0.15, 0.2) is 24.3 Å². The van der Waals surface area contributed by atoms with Crippen LogP contribution in [0.2, 0.25) is 0 Å². The molecule has 1 aromatic rings. The molecule has 0 spiro atoms. The Bertz CT molecular complexity index is 817. The van der Waals surface area contributed by atoms with Crippen molar-refractivity contribution in [3.63, 3.8) is 0 Å². The minimum absolute atomic E-state index is 0.0468. The molecule has 0 saturated carbocycles. The lowest BCUT2D eigenvalue weighted by Crippen LogP contribution is -2.44. The molecule has 0 bridgehead atoms. The average Bonchev–Trinajstić information content (AvgIpc) is 2.81. The standard InChI is InChI=1S/C27H41NO7/c1-18(2)24(16-23(29)11-12-34-14-13-33-6)26(31)28-20(5)25(30)15-21-7-9-22(10-8-21)17-35-27(32)19(3)4/h7-10,18-20,24H,11-17H2,1-6H3,(H,28,31)/t20-,24-/m1/s1. The quantitative estimate of drug-likeness (QED) is 0.263. The van der Waals surface area contributed by atoms with Crippen molar-refractivity contribution in [2.45, 2.75) is 66.5 Å². The molecule has 0 unspecified atom stereocenters. The van der Waals surface area contributed by atoms with Gasteiger partial charge in [0.1, 0.15) is 12.4 Å². The van der Waals surface area contributed by atoms with Crippen molar-refractivity contribution in [1.82, 2.24) is 5.32 Å². The van der Waals surface area contributed by atoms with E-state index in [1.807, 2.05) is 38.1 Å². The van der Waals surface area contributed by atoms with E-state index < -0.39 is 12.0 Å². The summed E-state index contributed by atoms with van der Waals surface area (Å²) in [5.41, 5.74) is 1.64. The number of methoxy groups -OCH3 is 1. The molecule has 0 radical (unpaired) electrons. The third-order valence-electron chi connectivity index (χ3n) is 5.64. The number of hydrogen-bond acceptors (Lipinski definition) is 7. The second-order valence-electron chi connectivity index (χ2n) is 9.40. The van der Waals surface area contributed by atoms with Gasteiger partial charge < -0.3 is 19.5 Å². The Balaban J connectivity index is 2.54. The number of esters is 1. The van der Waals surface area contributed by atoms with Crippen LogP contribution >= 0.6 is 0 Å². The number of ketones is 2. The van der Waals surface area contributed by atoms with E-state index in [9.17, 15) is 19.2 Å². The summed E-state index contributed by atoms with van der Waals surface area (Å²) < 4.78 is 15.4. The number of benzene rings is 1. The van der Waals surface area contributed by atoms with Gasteiger partial charge in [0.2, 0.25) is 5.91 Å². The van der Waals surface area contributed by atoms with Crippen molar-refractivity contribution in [2.24, 2.45) is 17.8 Å².